The summed E-state index contributed by atoms with van der Waals surface area (Å²) < 4.78 is 10.8. The van der Waals surface area contributed by atoms with Crippen LogP contribution in [0.5, 0.6) is 0 Å². The van der Waals surface area contributed by atoms with Gasteiger partial charge in [0.1, 0.15) is 6.07 Å². The molecule has 0 aliphatic rings. The Kier molecular flexibility index (Phi) is 4.71. The Morgan fingerprint density at radius 1 is 1.53 bits per heavy atom. The highest BCUT2D eigenvalue weighted by atomic mass is 32.2. The topological polar surface area (TPSA) is 78.7 Å². The Bertz CT molecular complexity index is 388. The Balaban J connectivity index is 2.44. The largest absolute Gasteiger partial charge is 0.368 e. The predicted octanol–water partition coefficient (Wildman–Crippen LogP) is 0.529. The van der Waals surface area contributed by atoms with E-state index in [-0.39, 0.29) is 5.69 Å². The van der Waals surface area contributed by atoms with E-state index in [2.05, 4.69) is 15.3 Å². The smallest absolute Gasteiger partial charge is 0.182 e. The number of nitriles is 1. The highest BCUT2D eigenvalue weighted by Crippen LogP contribution is 2.05. The Morgan fingerprint density at radius 2 is 2.27 bits per heavy atom. The van der Waals surface area contributed by atoms with Crippen LogP contribution in [0.4, 0.5) is 5.82 Å². The Hall–Kier alpha value is -1.48. The van der Waals surface area contributed by atoms with Crippen LogP contribution in [0.15, 0.2) is 12.4 Å². The SMILES string of the molecule is CS(=O)CCCNc1nccnc1C#N. The van der Waals surface area contributed by atoms with Gasteiger partial charge in [0.2, 0.25) is 0 Å². The van der Waals surface area contributed by atoms with Crippen molar-refractivity contribution in [2.75, 3.05) is 23.9 Å². The fraction of sp³-hybridized carbons (Fsp3) is 0.444. The van der Waals surface area contributed by atoms with Crippen molar-refractivity contribution in [1.29, 1.82) is 5.26 Å². The van der Waals surface area contributed by atoms with Crippen LogP contribution in [0.2, 0.25) is 0 Å². The molecular weight excluding hydrogens is 212 g/mol. The van der Waals surface area contributed by atoms with Gasteiger partial charge in [-0.1, -0.05) is 0 Å². The van der Waals surface area contributed by atoms with Crippen LogP contribution in [-0.4, -0.2) is 32.7 Å². The van der Waals surface area contributed by atoms with Crippen LogP contribution in [0.1, 0.15) is 12.1 Å². The molecule has 0 amide bonds. The number of nitrogens with zero attached hydrogens (tertiary/aromatic N) is 3. The van der Waals surface area contributed by atoms with Gasteiger partial charge in [0, 0.05) is 41.7 Å². The molecule has 80 valence electrons. The molecule has 1 unspecified atom stereocenters. The molecule has 1 atom stereocenters. The number of hydrogen-bond acceptors (Lipinski definition) is 5. The van der Waals surface area contributed by atoms with Crippen molar-refractivity contribution in [3.05, 3.63) is 18.1 Å². The molecule has 1 aromatic heterocycles. The maximum absolute atomic E-state index is 10.8. The van der Waals surface area contributed by atoms with Gasteiger partial charge in [-0.3, -0.25) is 4.21 Å². The zero-order valence-electron chi connectivity index (χ0n) is 8.43. The molecule has 0 aromatic carbocycles. The van der Waals surface area contributed by atoms with Crippen LogP contribution in [-0.2, 0) is 10.8 Å². The molecule has 0 aliphatic carbocycles. The van der Waals surface area contributed by atoms with Crippen molar-refractivity contribution in [2.45, 2.75) is 6.42 Å². The van der Waals surface area contributed by atoms with Gasteiger partial charge in [0.05, 0.1) is 0 Å². The molecule has 1 N–H and O–H groups in total. The van der Waals surface area contributed by atoms with E-state index in [4.69, 9.17) is 5.26 Å². The molecule has 0 radical (unpaired) electrons. The number of aromatic nitrogens is 2. The molecule has 0 spiro atoms. The van der Waals surface area contributed by atoms with Gasteiger partial charge in [-0.15, -0.1) is 0 Å². The molecule has 1 heterocycles. The summed E-state index contributed by atoms with van der Waals surface area (Å²) in [5, 5.41) is 11.7. The van der Waals surface area contributed by atoms with Crippen LogP contribution in [0.3, 0.4) is 0 Å². The van der Waals surface area contributed by atoms with Crippen LogP contribution >= 0.6 is 0 Å². The van der Waals surface area contributed by atoms with Gasteiger partial charge >= 0.3 is 0 Å². The molecule has 0 aliphatic heterocycles. The van der Waals surface area contributed by atoms with Crippen LogP contribution in [0, 0.1) is 11.3 Å². The normalized spacial score (nSPS) is 11.7. The highest BCUT2D eigenvalue weighted by molar-refractivity contribution is 7.84. The minimum Gasteiger partial charge on any atom is -0.368 e. The van der Waals surface area contributed by atoms with E-state index in [1.807, 2.05) is 6.07 Å². The zero-order chi connectivity index (χ0) is 11.1. The number of rotatable bonds is 5. The molecular formula is C9H12N4OS. The van der Waals surface area contributed by atoms with E-state index in [1.165, 1.54) is 12.4 Å². The lowest BCUT2D eigenvalue weighted by Gasteiger charge is -2.04. The molecule has 0 fully saturated rings. The summed E-state index contributed by atoms with van der Waals surface area (Å²) in [5.41, 5.74) is 0.287. The first kappa shape index (κ1) is 11.6. The standard InChI is InChI=1S/C9H12N4OS/c1-15(14)6-2-3-12-9-8(7-10)11-4-5-13-9/h4-5H,2-3,6H2,1H3,(H,12,13). The van der Waals surface area contributed by atoms with Gasteiger partial charge in [0.25, 0.3) is 0 Å². The molecule has 15 heavy (non-hydrogen) atoms. The summed E-state index contributed by atoms with van der Waals surface area (Å²) in [6.07, 6.45) is 5.46. The Labute approximate surface area is 91.0 Å². The second-order valence-corrected chi connectivity index (χ2v) is 4.48. The number of anilines is 1. The molecule has 1 aromatic rings. The monoisotopic (exact) mass is 224 g/mol. The molecule has 5 nitrogen and oxygen atoms in total. The van der Waals surface area contributed by atoms with Crippen molar-refractivity contribution < 1.29 is 4.21 Å². The van der Waals surface area contributed by atoms with Crippen molar-refractivity contribution in [3.63, 3.8) is 0 Å². The minimum atomic E-state index is -0.772. The van der Waals surface area contributed by atoms with Gasteiger partial charge in [-0.25, -0.2) is 9.97 Å². The third-order valence-electron chi connectivity index (χ3n) is 1.71. The molecule has 6 heteroatoms. The average molecular weight is 224 g/mol. The van der Waals surface area contributed by atoms with Crippen LogP contribution < -0.4 is 5.32 Å². The molecule has 0 bridgehead atoms. The van der Waals surface area contributed by atoms with Crippen molar-refractivity contribution in [3.8, 4) is 6.07 Å². The minimum absolute atomic E-state index is 0.287. The van der Waals surface area contributed by atoms with E-state index in [0.29, 0.717) is 18.1 Å². The lowest BCUT2D eigenvalue weighted by molar-refractivity contribution is 0.685. The first-order valence-electron chi connectivity index (χ1n) is 4.49. The second kappa shape index (κ2) is 6.09. The van der Waals surface area contributed by atoms with E-state index in [9.17, 15) is 4.21 Å². The quantitative estimate of drug-likeness (QED) is 0.738. The predicted molar refractivity (Wildman–Crippen MR) is 58.8 cm³/mol. The molecule has 1 rings (SSSR count). The first-order chi connectivity index (χ1) is 7.24. The summed E-state index contributed by atoms with van der Waals surface area (Å²) in [7, 11) is -0.772. The second-order valence-electron chi connectivity index (χ2n) is 2.92. The van der Waals surface area contributed by atoms with Crippen molar-refractivity contribution in [1.82, 2.24) is 9.97 Å². The average Bonchev–Trinajstić information content (AvgIpc) is 2.24. The number of hydrogen-bond donors (Lipinski definition) is 1. The lowest BCUT2D eigenvalue weighted by Crippen LogP contribution is -2.09. The van der Waals surface area contributed by atoms with Crippen molar-refractivity contribution >= 4 is 16.6 Å². The summed E-state index contributed by atoms with van der Waals surface area (Å²) >= 11 is 0. The van der Waals surface area contributed by atoms with Crippen LogP contribution in [0.25, 0.3) is 0 Å². The van der Waals surface area contributed by atoms with Gasteiger partial charge in [0.15, 0.2) is 11.5 Å². The van der Waals surface area contributed by atoms with Crippen molar-refractivity contribution in [2.24, 2.45) is 0 Å². The zero-order valence-corrected chi connectivity index (χ0v) is 9.25. The fourth-order valence-corrected chi connectivity index (χ4v) is 1.58. The van der Waals surface area contributed by atoms with E-state index < -0.39 is 10.8 Å². The third kappa shape index (κ3) is 4.04. The van der Waals surface area contributed by atoms with Gasteiger partial charge in [-0.2, -0.15) is 5.26 Å². The Morgan fingerprint density at radius 3 is 2.93 bits per heavy atom. The highest BCUT2D eigenvalue weighted by Gasteiger charge is 2.02. The summed E-state index contributed by atoms with van der Waals surface area (Å²) in [5.74, 6) is 1.14. The maximum atomic E-state index is 10.8. The van der Waals surface area contributed by atoms with E-state index >= 15 is 0 Å². The van der Waals surface area contributed by atoms with Gasteiger partial charge < -0.3 is 5.32 Å². The maximum Gasteiger partial charge on any atom is 0.182 e. The fourth-order valence-electron chi connectivity index (χ4n) is 1.03. The van der Waals surface area contributed by atoms with E-state index in [1.54, 1.807) is 6.26 Å². The summed E-state index contributed by atoms with van der Waals surface area (Å²) in [6.45, 7) is 0.646. The summed E-state index contributed by atoms with van der Waals surface area (Å²) in [6, 6.07) is 1.95. The van der Waals surface area contributed by atoms with E-state index in [0.717, 1.165) is 6.42 Å². The third-order valence-corrected chi connectivity index (χ3v) is 2.57. The molecule has 0 saturated carbocycles. The summed E-state index contributed by atoms with van der Waals surface area (Å²) in [4.78, 5) is 7.86. The number of nitrogens with one attached hydrogen (secondary N) is 1. The first-order valence-corrected chi connectivity index (χ1v) is 6.21. The van der Waals surface area contributed by atoms with Gasteiger partial charge in [-0.05, 0) is 6.42 Å². The molecule has 0 saturated heterocycles. The lowest BCUT2D eigenvalue weighted by atomic mass is 10.4.